The number of hydrogen-bond donors (Lipinski definition) is 0. The van der Waals surface area contributed by atoms with Gasteiger partial charge in [-0.15, -0.1) is 16.5 Å². The lowest BCUT2D eigenvalue weighted by Gasteiger charge is -2.31. The summed E-state index contributed by atoms with van der Waals surface area (Å²) in [5.74, 6) is 0.594. The average molecular weight is 465 g/mol. The van der Waals surface area contributed by atoms with Crippen LogP contribution in [0.15, 0.2) is 80.0 Å². The van der Waals surface area contributed by atoms with Gasteiger partial charge >= 0.3 is 0 Å². The summed E-state index contributed by atoms with van der Waals surface area (Å²) in [6.45, 7) is 20.8. The molecule has 178 valence electrons. The normalized spacial score (nSPS) is 19.4. The second-order valence-electron chi connectivity index (χ2n) is 10.6. The molecule has 0 aliphatic heterocycles. The van der Waals surface area contributed by atoms with Gasteiger partial charge < -0.3 is 0 Å². The van der Waals surface area contributed by atoms with E-state index < -0.39 is 0 Å². The van der Waals surface area contributed by atoms with E-state index >= 15 is 0 Å². The molecule has 0 N–H and O–H groups in total. The fraction of sp³-hybridized carbons (Fsp3) is 0.483. The van der Waals surface area contributed by atoms with Crippen LogP contribution in [-0.2, 0) is 4.79 Å². The number of nitrogens with zero attached hydrogens (tertiary/aromatic N) is 2. The number of hydrogen-bond acceptors (Lipinski definition) is 4. The molecule has 2 aliphatic carbocycles. The highest BCUT2D eigenvalue weighted by atomic mass is 32.1. The number of azo groups is 1. The van der Waals surface area contributed by atoms with E-state index in [2.05, 4.69) is 84.1 Å². The van der Waals surface area contributed by atoms with E-state index in [1.165, 1.54) is 0 Å². The highest BCUT2D eigenvalue weighted by Gasteiger charge is 2.34. The summed E-state index contributed by atoms with van der Waals surface area (Å²) < 4.78 is 0. The Morgan fingerprint density at radius 3 is 2.09 bits per heavy atom. The summed E-state index contributed by atoms with van der Waals surface area (Å²) in [5.41, 5.74) is 4.98. The number of allylic oxidation sites excluding steroid dienone is 8. The number of Topliss-reactive ketones (excluding diaryl/α,β-unsaturated/α-hetero) is 1. The van der Waals surface area contributed by atoms with Gasteiger partial charge in [-0.1, -0.05) is 80.5 Å². The molecule has 4 heteroatoms. The molecule has 0 radical (unpaired) electrons. The molecule has 1 heterocycles. The zero-order valence-electron chi connectivity index (χ0n) is 22.0. The summed E-state index contributed by atoms with van der Waals surface area (Å²) in [6.07, 6.45) is 9.50. The lowest BCUT2D eigenvalue weighted by atomic mass is 9.71. The van der Waals surface area contributed by atoms with E-state index in [1.54, 1.807) is 11.3 Å². The van der Waals surface area contributed by atoms with Crippen LogP contribution < -0.4 is 0 Å². The summed E-state index contributed by atoms with van der Waals surface area (Å²) in [5, 5.41) is 11.5. The zero-order valence-corrected chi connectivity index (χ0v) is 22.9. The smallest absolute Gasteiger partial charge is 0.186 e. The van der Waals surface area contributed by atoms with Gasteiger partial charge in [0.1, 0.15) is 5.70 Å². The molecule has 1 unspecified atom stereocenters. The van der Waals surface area contributed by atoms with Gasteiger partial charge in [-0.3, -0.25) is 4.79 Å². The first kappa shape index (κ1) is 26.9. The maximum Gasteiger partial charge on any atom is 0.186 e. The second kappa shape index (κ2) is 10.7. The first-order valence-electron chi connectivity index (χ1n) is 12.0. The molecule has 1 atom stereocenters. The van der Waals surface area contributed by atoms with Crippen molar-refractivity contribution in [2.45, 2.75) is 75.7 Å². The van der Waals surface area contributed by atoms with Gasteiger partial charge in [-0.2, -0.15) is 5.11 Å². The molecule has 1 aromatic heterocycles. The highest BCUT2D eigenvalue weighted by Crippen LogP contribution is 2.41. The number of thiophene rings is 1. The van der Waals surface area contributed by atoms with Gasteiger partial charge in [0.15, 0.2) is 5.78 Å². The van der Waals surface area contributed by atoms with Crippen LogP contribution in [0.5, 0.6) is 0 Å². The SMILES string of the molecule is CC.CC1=CCC(C)C=C1N=NC(=C1C=C(C(C)(C)C)C(=O)C(C(C)(C)C)=C1)c1cccs1. The van der Waals surface area contributed by atoms with E-state index in [0.29, 0.717) is 5.92 Å². The molecule has 33 heavy (non-hydrogen) atoms. The molecular weight excluding hydrogens is 424 g/mol. The molecule has 0 spiro atoms. The average Bonchev–Trinajstić information content (AvgIpc) is 3.25. The monoisotopic (exact) mass is 464 g/mol. The molecule has 0 saturated heterocycles. The van der Waals surface area contributed by atoms with Crippen molar-refractivity contribution in [2.75, 3.05) is 0 Å². The van der Waals surface area contributed by atoms with E-state index in [0.717, 1.165) is 45.0 Å². The minimum atomic E-state index is -0.258. The Kier molecular flexibility index (Phi) is 8.75. The van der Waals surface area contributed by atoms with Crippen molar-refractivity contribution >= 4 is 22.8 Å². The van der Waals surface area contributed by atoms with Crippen LogP contribution in [0.4, 0.5) is 0 Å². The molecule has 3 nitrogen and oxygen atoms in total. The van der Waals surface area contributed by atoms with Gasteiger partial charge in [0, 0.05) is 16.7 Å². The Bertz CT molecular complexity index is 1010. The predicted octanol–water partition coefficient (Wildman–Crippen LogP) is 9.34. The minimum Gasteiger partial charge on any atom is -0.289 e. The third-order valence-electron chi connectivity index (χ3n) is 5.63. The summed E-state index contributed by atoms with van der Waals surface area (Å²) in [4.78, 5) is 14.4. The maximum atomic E-state index is 13.3. The third-order valence-corrected chi connectivity index (χ3v) is 6.51. The lowest BCUT2D eigenvalue weighted by Crippen LogP contribution is -2.28. The van der Waals surface area contributed by atoms with Crippen LogP contribution >= 0.6 is 11.3 Å². The van der Waals surface area contributed by atoms with Gasteiger partial charge in [-0.25, -0.2) is 0 Å². The Morgan fingerprint density at radius 1 is 1.03 bits per heavy atom. The van der Waals surface area contributed by atoms with Gasteiger partial charge in [-0.05, 0) is 59.3 Å². The molecule has 0 amide bonds. The molecule has 0 bridgehead atoms. The van der Waals surface area contributed by atoms with Crippen LogP contribution in [0.25, 0.3) is 5.70 Å². The van der Waals surface area contributed by atoms with Crippen LogP contribution in [0.3, 0.4) is 0 Å². The highest BCUT2D eigenvalue weighted by molar-refractivity contribution is 7.11. The molecular formula is C29H40N2OS. The quantitative estimate of drug-likeness (QED) is 0.411. The fourth-order valence-electron chi connectivity index (χ4n) is 3.69. The molecule has 0 fully saturated rings. The zero-order chi connectivity index (χ0) is 25.0. The van der Waals surface area contributed by atoms with Crippen molar-refractivity contribution in [3.63, 3.8) is 0 Å². The van der Waals surface area contributed by atoms with Crippen molar-refractivity contribution in [3.8, 4) is 0 Å². The van der Waals surface area contributed by atoms with E-state index in [4.69, 9.17) is 5.11 Å². The van der Waals surface area contributed by atoms with Crippen LogP contribution in [0.1, 0.15) is 80.5 Å². The van der Waals surface area contributed by atoms with Crippen LogP contribution in [0, 0.1) is 16.7 Å². The van der Waals surface area contributed by atoms with Crippen molar-refractivity contribution < 1.29 is 4.79 Å². The van der Waals surface area contributed by atoms with Crippen molar-refractivity contribution in [2.24, 2.45) is 27.0 Å². The van der Waals surface area contributed by atoms with Gasteiger partial charge in [0.25, 0.3) is 0 Å². The molecule has 3 rings (SSSR count). The largest absolute Gasteiger partial charge is 0.289 e. The molecule has 0 aromatic carbocycles. The van der Waals surface area contributed by atoms with Crippen LogP contribution in [0.2, 0.25) is 0 Å². The fourth-order valence-corrected chi connectivity index (χ4v) is 4.43. The predicted molar refractivity (Wildman–Crippen MR) is 143 cm³/mol. The van der Waals surface area contributed by atoms with Crippen LogP contribution in [-0.4, -0.2) is 5.78 Å². The van der Waals surface area contributed by atoms with Gasteiger partial charge in [0.05, 0.1) is 10.6 Å². The second-order valence-corrected chi connectivity index (χ2v) is 11.5. The minimum absolute atomic E-state index is 0.133. The van der Waals surface area contributed by atoms with Crippen molar-refractivity contribution in [1.29, 1.82) is 0 Å². The third kappa shape index (κ3) is 6.60. The molecule has 2 aliphatic rings. The summed E-state index contributed by atoms with van der Waals surface area (Å²) in [7, 11) is 0. The Hall–Kier alpha value is -2.33. The topological polar surface area (TPSA) is 41.8 Å². The Morgan fingerprint density at radius 2 is 1.61 bits per heavy atom. The van der Waals surface area contributed by atoms with Crippen molar-refractivity contribution in [3.05, 3.63) is 74.7 Å². The Balaban J connectivity index is 0.00000187. The molecule has 0 saturated carbocycles. The lowest BCUT2D eigenvalue weighted by molar-refractivity contribution is -0.114. The number of ketones is 1. The first-order chi connectivity index (χ1) is 15.4. The van der Waals surface area contributed by atoms with E-state index in [9.17, 15) is 4.79 Å². The molecule has 1 aromatic rings. The number of carbonyl (C=O) groups is 1. The standard InChI is InChI=1S/C27H34N2OS.C2H6/c1-17-11-12-18(2)22(14-17)28-29-24(23-10-9-13-31-23)19-15-20(26(3,4)5)25(30)21(16-19)27(6,7)8;1-2/h9-10,12-17H,11H2,1-8H3;1-2H3. The summed E-state index contributed by atoms with van der Waals surface area (Å²) in [6, 6.07) is 4.10. The summed E-state index contributed by atoms with van der Waals surface area (Å²) >= 11 is 1.64. The van der Waals surface area contributed by atoms with Gasteiger partial charge in [0.2, 0.25) is 0 Å². The number of rotatable bonds is 3. The maximum absolute atomic E-state index is 13.3. The van der Waals surface area contributed by atoms with Crippen molar-refractivity contribution in [1.82, 2.24) is 0 Å². The number of carbonyl (C=O) groups excluding carboxylic acids is 1. The van der Waals surface area contributed by atoms with E-state index in [1.807, 2.05) is 32.1 Å². The van der Waals surface area contributed by atoms with E-state index in [-0.39, 0.29) is 16.6 Å². The Labute approximate surface area is 204 Å². The first-order valence-corrected chi connectivity index (χ1v) is 12.8.